The molecule has 0 saturated carbocycles. The van der Waals surface area contributed by atoms with E-state index in [4.69, 9.17) is 5.73 Å². The van der Waals surface area contributed by atoms with Crippen molar-refractivity contribution >= 4 is 23.7 Å². The van der Waals surface area contributed by atoms with E-state index in [1.54, 1.807) is 0 Å². The van der Waals surface area contributed by atoms with Crippen molar-refractivity contribution in [2.75, 3.05) is 6.54 Å². The number of nitrogens with one attached hydrogen (secondary N) is 2. The zero-order chi connectivity index (χ0) is 23.8. The standard InChI is InChI=1S/C23H34N4O5/c1-4-14(2)19(22(30)27-12-8-11-18(27)23(31)32)26-20(28)15(3)25-21(29)17(24)13-16-9-6-5-7-10-16/h5-7,9-10,14-15,17-19H,4,8,11-13,24H2,1-3H3,(H,25,29)(H,26,28)(H,31,32). The number of carbonyl (C=O) groups is 4. The van der Waals surface area contributed by atoms with Gasteiger partial charge in [0.05, 0.1) is 6.04 Å². The highest BCUT2D eigenvalue weighted by molar-refractivity contribution is 5.94. The minimum Gasteiger partial charge on any atom is -0.480 e. The Labute approximate surface area is 188 Å². The molecule has 1 aromatic rings. The van der Waals surface area contributed by atoms with Crippen LogP contribution >= 0.6 is 0 Å². The Morgan fingerprint density at radius 2 is 1.78 bits per heavy atom. The molecule has 32 heavy (non-hydrogen) atoms. The van der Waals surface area contributed by atoms with E-state index in [0.29, 0.717) is 32.2 Å². The first-order chi connectivity index (χ1) is 15.1. The van der Waals surface area contributed by atoms with Crippen LogP contribution in [0.25, 0.3) is 0 Å². The van der Waals surface area contributed by atoms with Crippen molar-refractivity contribution in [2.24, 2.45) is 11.7 Å². The summed E-state index contributed by atoms with van der Waals surface area (Å²) in [6.45, 7) is 5.59. The highest BCUT2D eigenvalue weighted by Gasteiger charge is 2.39. The predicted molar refractivity (Wildman–Crippen MR) is 119 cm³/mol. The number of nitrogens with two attached hydrogens (primary N) is 1. The second-order valence-electron chi connectivity index (χ2n) is 8.43. The van der Waals surface area contributed by atoms with Gasteiger partial charge in [-0.2, -0.15) is 0 Å². The third-order valence-electron chi connectivity index (χ3n) is 5.98. The number of hydrogen-bond donors (Lipinski definition) is 4. The van der Waals surface area contributed by atoms with Gasteiger partial charge in [-0.05, 0) is 37.7 Å². The molecule has 5 atom stereocenters. The normalized spacial score (nSPS) is 19.5. The Balaban J connectivity index is 2.00. The van der Waals surface area contributed by atoms with Gasteiger partial charge in [-0.1, -0.05) is 50.6 Å². The van der Waals surface area contributed by atoms with Crippen LogP contribution in [0.3, 0.4) is 0 Å². The number of aliphatic carboxylic acids is 1. The topological polar surface area (TPSA) is 142 Å². The first-order valence-corrected chi connectivity index (χ1v) is 11.1. The lowest BCUT2D eigenvalue weighted by Gasteiger charge is -2.31. The third-order valence-corrected chi connectivity index (χ3v) is 5.98. The average Bonchev–Trinajstić information content (AvgIpc) is 3.27. The zero-order valence-electron chi connectivity index (χ0n) is 18.9. The smallest absolute Gasteiger partial charge is 0.326 e. The fourth-order valence-corrected chi connectivity index (χ4v) is 3.77. The maximum atomic E-state index is 13.1. The quantitative estimate of drug-likeness (QED) is 0.416. The Morgan fingerprint density at radius 1 is 1.12 bits per heavy atom. The molecule has 1 heterocycles. The summed E-state index contributed by atoms with van der Waals surface area (Å²) in [7, 11) is 0. The molecule has 1 fully saturated rings. The van der Waals surface area contributed by atoms with Crippen molar-refractivity contribution < 1.29 is 24.3 Å². The number of likely N-dealkylation sites (tertiary alicyclic amines) is 1. The summed E-state index contributed by atoms with van der Waals surface area (Å²) < 4.78 is 0. The lowest BCUT2D eigenvalue weighted by Crippen LogP contribution is -2.58. The van der Waals surface area contributed by atoms with Crippen LogP contribution in [0, 0.1) is 5.92 Å². The summed E-state index contributed by atoms with van der Waals surface area (Å²) in [5.74, 6) is -2.64. The van der Waals surface area contributed by atoms with Crippen LogP contribution in [0.15, 0.2) is 30.3 Å². The van der Waals surface area contributed by atoms with Gasteiger partial charge in [0.15, 0.2) is 0 Å². The predicted octanol–water partition coefficient (Wildman–Crippen LogP) is 0.668. The Kier molecular flexibility index (Phi) is 9.19. The van der Waals surface area contributed by atoms with E-state index in [-0.39, 0.29) is 5.92 Å². The number of hydrogen-bond acceptors (Lipinski definition) is 5. The lowest BCUT2D eigenvalue weighted by molar-refractivity contribution is -0.150. The lowest BCUT2D eigenvalue weighted by atomic mass is 9.97. The van der Waals surface area contributed by atoms with Gasteiger partial charge in [0.2, 0.25) is 17.7 Å². The number of carboxylic acid groups (broad SMARTS) is 1. The van der Waals surface area contributed by atoms with Crippen LogP contribution in [0.2, 0.25) is 0 Å². The minimum absolute atomic E-state index is 0.204. The monoisotopic (exact) mass is 446 g/mol. The number of nitrogens with zero attached hydrogens (tertiary/aromatic N) is 1. The molecule has 0 aliphatic carbocycles. The minimum atomic E-state index is -1.04. The summed E-state index contributed by atoms with van der Waals surface area (Å²) in [5.41, 5.74) is 6.89. The zero-order valence-corrected chi connectivity index (χ0v) is 18.9. The number of carbonyl (C=O) groups excluding carboxylic acids is 3. The van der Waals surface area contributed by atoms with Crippen LogP contribution < -0.4 is 16.4 Å². The molecule has 0 bridgehead atoms. The van der Waals surface area contributed by atoms with E-state index in [0.717, 1.165) is 5.56 Å². The van der Waals surface area contributed by atoms with Crippen molar-refractivity contribution in [1.29, 1.82) is 0 Å². The summed E-state index contributed by atoms with van der Waals surface area (Å²) in [4.78, 5) is 51.1. The van der Waals surface area contributed by atoms with Crippen LogP contribution in [0.4, 0.5) is 0 Å². The van der Waals surface area contributed by atoms with Crippen LogP contribution in [-0.4, -0.2) is 64.4 Å². The van der Waals surface area contributed by atoms with Crippen molar-refractivity contribution in [3.63, 3.8) is 0 Å². The van der Waals surface area contributed by atoms with Crippen molar-refractivity contribution in [1.82, 2.24) is 15.5 Å². The van der Waals surface area contributed by atoms with Gasteiger partial charge >= 0.3 is 5.97 Å². The van der Waals surface area contributed by atoms with Crippen molar-refractivity contribution in [2.45, 2.75) is 70.6 Å². The van der Waals surface area contributed by atoms with Gasteiger partial charge in [0.25, 0.3) is 0 Å². The molecule has 1 aliphatic rings. The fourth-order valence-electron chi connectivity index (χ4n) is 3.77. The van der Waals surface area contributed by atoms with Crippen molar-refractivity contribution in [3.8, 4) is 0 Å². The fraction of sp³-hybridized carbons (Fsp3) is 0.565. The van der Waals surface area contributed by atoms with E-state index >= 15 is 0 Å². The second-order valence-corrected chi connectivity index (χ2v) is 8.43. The van der Waals surface area contributed by atoms with E-state index in [2.05, 4.69) is 10.6 Å². The first-order valence-electron chi connectivity index (χ1n) is 11.1. The molecule has 176 valence electrons. The molecule has 2 rings (SSSR count). The Hall–Kier alpha value is -2.94. The second kappa shape index (κ2) is 11.6. The van der Waals surface area contributed by atoms with Gasteiger partial charge in [-0.3, -0.25) is 14.4 Å². The van der Waals surface area contributed by atoms with Gasteiger partial charge in [0, 0.05) is 6.54 Å². The molecule has 0 aromatic heterocycles. The molecule has 0 radical (unpaired) electrons. The summed E-state index contributed by atoms with van der Waals surface area (Å²) in [6, 6.07) is 5.86. The van der Waals surface area contributed by atoms with Crippen molar-refractivity contribution in [3.05, 3.63) is 35.9 Å². The Bertz CT molecular complexity index is 816. The summed E-state index contributed by atoms with van der Waals surface area (Å²) in [6.07, 6.45) is 1.95. The SMILES string of the molecule is CCC(C)C(NC(=O)C(C)NC(=O)C(N)Cc1ccccc1)C(=O)N1CCCC1C(=O)O. The molecule has 1 aromatic carbocycles. The molecule has 0 spiro atoms. The number of rotatable bonds is 10. The first kappa shape index (κ1) is 25.3. The van der Waals surface area contributed by atoms with Crippen LogP contribution in [-0.2, 0) is 25.6 Å². The highest BCUT2D eigenvalue weighted by atomic mass is 16.4. The Morgan fingerprint density at radius 3 is 2.38 bits per heavy atom. The number of carboxylic acids is 1. The van der Waals surface area contributed by atoms with Gasteiger partial charge in [-0.15, -0.1) is 0 Å². The average molecular weight is 447 g/mol. The molecular formula is C23H34N4O5. The molecule has 9 heteroatoms. The van der Waals surface area contributed by atoms with Gasteiger partial charge in [-0.25, -0.2) is 4.79 Å². The summed E-state index contributed by atoms with van der Waals surface area (Å²) >= 11 is 0. The van der Waals surface area contributed by atoms with E-state index in [1.807, 2.05) is 44.2 Å². The molecule has 5 unspecified atom stereocenters. The molecule has 3 amide bonds. The van der Waals surface area contributed by atoms with Gasteiger partial charge in [0.1, 0.15) is 18.1 Å². The molecular weight excluding hydrogens is 412 g/mol. The van der Waals surface area contributed by atoms with E-state index in [9.17, 15) is 24.3 Å². The number of amides is 3. The van der Waals surface area contributed by atoms with Crippen LogP contribution in [0.1, 0.15) is 45.6 Å². The maximum absolute atomic E-state index is 13.1. The maximum Gasteiger partial charge on any atom is 0.326 e. The number of benzene rings is 1. The summed E-state index contributed by atoms with van der Waals surface area (Å²) in [5, 5.41) is 14.7. The molecule has 5 N–H and O–H groups in total. The van der Waals surface area contributed by atoms with E-state index in [1.165, 1.54) is 11.8 Å². The highest BCUT2D eigenvalue weighted by Crippen LogP contribution is 2.21. The van der Waals surface area contributed by atoms with Crippen LogP contribution in [0.5, 0.6) is 0 Å². The molecule has 9 nitrogen and oxygen atoms in total. The van der Waals surface area contributed by atoms with Gasteiger partial charge < -0.3 is 26.4 Å². The largest absolute Gasteiger partial charge is 0.480 e. The van der Waals surface area contributed by atoms with E-state index < -0.39 is 47.9 Å². The molecule has 1 aliphatic heterocycles. The third kappa shape index (κ3) is 6.53. The molecule has 1 saturated heterocycles.